The summed E-state index contributed by atoms with van der Waals surface area (Å²) in [5.41, 5.74) is 1.17. The van der Waals surface area contributed by atoms with E-state index in [1.54, 1.807) is 0 Å². The van der Waals surface area contributed by atoms with Crippen LogP contribution in [0.5, 0.6) is 5.75 Å². The van der Waals surface area contributed by atoms with Gasteiger partial charge in [0.15, 0.2) is 0 Å². The smallest absolute Gasteiger partial charge is 0.236 e. The number of benzene rings is 1. The van der Waals surface area contributed by atoms with Gasteiger partial charge in [-0.1, -0.05) is 26.0 Å². The molecule has 2 unspecified atom stereocenters. The molecule has 1 amide bonds. The molecule has 2 heterocycles. The van der Waals surface area contributed by atoms with Gasteiger partial charge >= 0.3 is 0 Å². The zero-order chi connectivity index (χ0) is 18.5. The van der Waals surface area contributed by atoms with E-state index in [1.807, 2.05) is 19.1 Å². The van der Waals surface area contributed by atoms with Crippen molar-refractivity contribution in [3.05, 3.63) is 24.3 Å². The van der Waals surface area contributed by atoms with E-state index in [2.05, 4.69) is 40.7 Å². The van der Waals surface area contributed by atoms with Crippen molar-refractivity contribution in [2.24, 2.45) is 11.8 Å². The topological polar surface area (TPSA) is 36.0 Å². The highest BCUT2D eigenvalue weighted by molar-refractivity contribution is 5.78. The number of piperidine rings is 1. The molecular weight excluding hydrogens is 326 g/mol. The minimum absolute atomic E-state index is 0.298. The van der Waals surface area contributed by atoms with Gasteiger partial charge in [-0.05, 0) is 37.3 Å². The van der Waals surface area contributed by atoms with Gasteiger partial charge in [0, 0.05) is 39.3 Å². The SMILES string of the molecule is CCOc1ccccc1N1CCN(CC(=O)N2CC(C)CC(C)C2)CC1. The minimum Gasteiger partial charge on any atom is -0.492 e. The molecule has 0 saturated carbocycles. The van der Waals surface area contributed by atoms with Gasteiger partial charge in [-0.2, -0.15) is 0 Å². The summed E-state index contributed by atoms with van der Waals surface area (Å²) in [5, 5.41) is 0. The van der Waals surface area contributed by atoms with Gasteiger partial charge in [-0.3, -0.25) is 9.69 Å². The molecule has 3 rings (SSSR count). The first-order valence-electron chi connectivity index (χ1n) is 10.0. The normalized spacial score (nSPS) is 24.6. The van der Waals surface area contributed by atoms with Crippen LogP contribution in [0.15, 0.2) is 24.3 Å². The molecule has 1 aromatic carbocycles. The minimum atomic E-state index is 0.298. The summed E-state index contributed by atoms with van der Waals surface area (Å²) in [6.07, 6.45) is 1.24. The summed E-state index contributed by atoms with van der Waals surface area (Å²) in [5.74, 6) is 2.49. The van der Waals surface area contributed by atoms with Gasteiger partial charge in [0.25, 0.3) is 0 Å². The molecule has 2 fully saturated rings. The molecule has 2 saturated heterocycles. The Balaban J connectivity index is 1.52. The molecule has 0 N–H and O–H groups in total. The van der Waals surface area contributed by atoms with Crippen molar-refractivity contribution in [2.75, 3.05) is 57.3 Å². The first kappa shape index (κ1) is 19.0. The van der Waals surface area contributed by atoms with Gasteiger partial charge in [0.05, 0.1) is 18.8 Å². The Kier molecular flexibility index (Phi) is 6.41. The Bertz CT molecular complexity index is 589. The Morgan fingerprint density at radius 3 is 2.38 bits per heavy atom. The molecule has 0 spiro atoms. The van der Waals surface area contributed by atoms with E-state index in [0.717, 1.165) is 45.0 Å². The van der Waals surface area contributed by atoms with E-state index in [0.29, 0.717) is 30.9 Å². The highest BCUT2D eigenvalue weighted by atomic mass is 16.5. The fraction of sp³-hybridized carbons (Fsp3) is 0.667. The zero-order valence-electron chi connectivity index (χ0n) is 16.5. The first-order valence-corrected chi connectivity index (χ1v) is 10.0. The maximum absolute atomic E-state index is 12.7. The molecule has 26 heavy (non-hydrogen) atoms. The fourth-order valence-corrected chi connectivity index (χ4v) is 4.30. The number of hydrogen-bond acceptors (Lipinski definition) is 4. The quantitative estimate of drug-likeness (QED) is 0.810. The van der Waals surface area contributed by atoms with Crippen molar-refractivity contribution in [3.8, 4) is 5.75 Å². The van der Waals surface area contributed by atoms with Crippen LogP contribution >= 0.6 is 0 Å². The number of anilines is 1. The zero-order valence-corrected chi connectivity index (χ0v) is 16.5. The van der Waals surface area contributed by atoms with E-state index in [1.165, 1.54) is 12.1 Å². The van der Waals surface area contributed by atoms with E-state index in [9.17, 15) is 4.79 Å². The molecule has 5 heteroatoms. The van der Waals surface area contributed by atoms with Crippen molar-refractivity contribution in [1.29, 1.82) is 0 Å². The number of rotatable bonds is 5. The molecule has 2 aliphatic heterocycles. The largest absolute Gasteiger partial charge is 0.492 e. The molecule has 0 bridgehead atoms. The lowest BCUT2D eigenvalue weighted by atomic mass is 9.92. The Hall–Kier alpha value is -1.75. The van der Waals surface area contributed by atoms with Gasteiger partial charge in [0.2, 0.25) is 5.91 Å². The molecule has 0 aliphatic carbocycles. The van der Waals surface area contributed by atoms with Crippen molar-refractivity contribution in [2.45, 2.75) is 27.2 Å². The lowest BCUT2D eigenvalue weighted by Crippen LogP contribution is -2.52. The number of amides is 1. The monoisotopic (exact) mass is 359 g/mol. The highest BCUT2D eigenvalue weighted by Crippen LogP contribution is 2.29. The number of carbonyl (C=O) groups excluding carboxylic acids is 1. The van der Waals surface area contributed by atoms with Crippen LogP contribution < -0.4 is 9.64 Å². The number of likely N-dealkylation sites (tertiary alicyclic amines) is 1. The summed E-state index contributed by atoms with van der Waals surface area (Å²) >= 11 is 0. The van der Waals surface area contributed by atoms with Crippen LogP contribution in [0.1, 0.15) is 27.2 Å². The molecular formula is C21H33N3O2. The van der Waals surface area contributed by atoms with Crippen LogP contribution in [-0.4, -0.2) is 68.1 Å². The number of hydrogen-bond donors (Lipinski definition) is 0. The average Bonchev–Trinajstić information content (AvgIpc) is 2.62. The molecule has 2 aliphatic rings. The summed E-state index contributed by atoms with van der Waals surface area (Å²) < 4.78 is 5.76. The molecule has 5 nitrogen and oxygen atoms in total. The second kappa shape index (κ2) is 8.76. The number of piperazine rings is 1. The average molecular weight is 360 g/mol. The highest BCUT2D eigenvalue weighted by Gasteiger charge is 2.27. The van der Waals surface area contributed by atoms with Gasteiger partial charge < -0.3 is 14.5 Å². The summed E-state index contributed by atoms with van der Waals surface area (Å²) in [6, 6.07) is 8.24. The number of carbonyl (C=O) groups is 1. The van der Waals surface area contributed by atoms with Crippen LogP contribution in [0.25, 0.3) is 0 Å². The van der Waals surface area contributed by atoms with Crippen LogP contribution in [0.3, 0.4) is 0 Å². The first-order chi connectivity index (χ1) is 12.6. The summed E-state index contributed by atoms with van der Waals surface area (Å²) in [6.45, 7) is 13.3. The second-order valence-electron chi connectivity index (χ2n) is 7.91. The van der Waals surface area contributed by atoms with Crippen molar-refractivity contribution < 1.29 is 9.53 Å². The number of para-hydroxylation sites is 2. The molecule has 144 valence electrons. The lowest BCUT2D eigenvalue weighted by Gasteiger charge is -2.39. The van der Waals surface area contributed by atoms with Crippen LogP contribution in [0.2, 0.25) is 0 Å². The lowest BCUT2D eigenvalue weighted by molar-refractivity contribution is -0.135. The Morgan fingerprint density at radius 1 is 1.08 bits per heavy atom. The number of ether oxygens (including phenoxy) is 1. The van der Waals surface area contributed by atoms with Crippen LogP contribution in [-0.2, 0) is 4.79 Å². The fourth-order valence-electron chi connectivity index (χ4n) is 4.30. The Morgan fingerprint density at radius 2 is 1.73 bits per heavy atom. The third kappa shape index (κ3) is 4.70. The maximum atomic E-state index is 12.7. The van der Waals surface area contributed by atoms with Crippen molar-refractivity contribution in [1.82, 2.24) is 9.80 Å². The predicted molar refractivity (Wildman–Crippen MR) is 106 cm³/mol. The predicted octanol–water partition coefficient (Wildman–Crippen LogP) is 2.71. The summed E-state index contributed by atoms with van der Waals surface area (Å²) in [7, 11) is 0. The van der Waals surface area contributed by atoms with Gasteiger partial charge in [-0.15, -0.1) is 0 Å². The van der Waals surface area contributed by atoms with Crippen LogP contribution in [0.4, 0.5) is 5.69 Å². The van der Waals surface area contributed by atoms with E-state index in [-0.39, 0.29) is 0 Å². The Labute approximate surface area is 157 Å². The van der Waals surface area contributed by atoms with E-state index >= 15 is 0 Å². The van der Waals surface area contributed by atoms with Crippen molar-refractivity contribution in [3.63, 3.8) is 0 Å². The number of nitrogens with zero attached hydrogens (tertiary/aromatic N) is 3. The van der Waals surface area contributed by atoms with Crippen LogP contribution in [0, 0.1) is 11.8 Å². The van der Waals surface area contributed by atoms with Gasteiger partial charge in [-0.25, -0.2) is 0 Å². The standard InChI is InChI=1S/C21H33N3O2/c1-4-26-20-8-6-5-7-19(20)23-11-9-22(10-12-23)16-21(25)24-14-17(2)13-18(3)15-24/h5-8,17-18H,4,9-16H2,1-3H3. The van der Waals surface area contributed by atoms with Gasteiger partial charge in [0.1, 0.15) is 5.75 Å². The maximum Gasteiger partial charge on any atom is 0.236 e. The van der Waals surface area contributed by atoms with Crippen molar-refractivity contribution >= 4 is 11.6 Å². The summed E-state index contributed by atoms with van der Waals surface area (Å²) in [4.78, 5) is 19.4. The second-order valence-corrected chi connectivity index (χ2v) is 7.91. The van der Waals surface area contributed by atoms with E-state index < -0.39 is 0 Å². The third-order valence-corrected chi connectivity index (χ3v) is 5.46. The molecule has 0 radical (unpaired) electrons. The molecule has 2 atom stereocenters. The molecule has 1 aromatic rings. The molecule has 0 aromatic heterocycles. The third-order valence-electron chi connectivity index (χ3n) is 5.46. The van der Waals surface area contributed by atoms with E-state index in [4.69, 9.17) is 4.74 Å².